The van der Waals surface area contributed by atoms with Crippen LogP contribution in [0.15, 0.2) is 18.5 Å². The molecule has 2 atom stereocenters. The van der Waals surface area contributed by atoms with Crippen LogP contribution in [-0.2, 0) is 9.84 Å². The zero-order chi connectivity index (χ0) is 23.4. The zero-order valence-corrected chi connectivity index (χ0v) is 20.6. The molecule has 0 aliphatic carbocycles. The molecule has 3 fully saturated rings. The van der Waals surface area contributed by atoms with Crippen molar-refractivity contribution in [1.29, 1.82) is 0 Å². The van der Waals surface area contributed by atoms with Crippen molar-refractivity contribution in [2.24, 2.45) is 0 Å². The minimum Gasteiger partial charge on any atom is -0.483 e. The summed E-state index contributed by atoms with van der Waals surface area (Å²) in [5, 5.41) is 7.00. The molecular formula is C24H32N6O3S. The van der Waals surface area contributed by atoms with Crippen LogP contribution in [0.3, 0.4) is 0 Å². The van der Waals surface area contributed by atoms with Crippen LogP contribution < -0.4 is 20.3 Å². The second kappa shape index (κ2) is 8.35. The summed E-state index contributed by atoms with van der Waals surface area (Å²) in [5.41, 5.74) is 4.26. The first kappa shape index (κ1) is 22.1. The number of hydrogen-bond acceptors (Lipinski definition) is 9. The van der Waals surface area contributed by atoms with Gasteiger partial charge in [-0.2, -0.15) is 0 Å². The molecule has 4 aliphatic heterocycles. The van der Waals surface area contributed by atoms with E-state index in [-0.39, 0.29) is 17.6 Å². The number of nitrogens with zero attached hydrogens (tertiary/aromatic N) is 4. The van der Waals surface area contributed by atoms with Gasteiger partial charge in [0.05, 0.1) is 22.8 Å². The van der Waals surface area contributed by atoms with Crippen molar-refractivity contribution in [3.8, 4) is 5.75 Å². The Morgan fingerprint density at radius 3 is 2.68 bits per heavy atom. The van der Waals surface area contributed by atoms with Gasteiger partial charge in [-0.1, -0.05) is 6.07 Å². The molecular weight excluding hydrogens is 452 g/mol. The van der Waals surface area contributed by atoms with Gasteiger partial charge in [0.2, 0.25) is 0 Å². The fourth-order valence-electron chi connectivity index (χ4n) is 5.66. The molecule has 0 amide bonds. The molecule has 1 aromatic carbocycles. The highest BCUT2D eigenvalue weighted by molar-refractivity contribution is 7.91. The Kier molecular flexibility index (Phi) is 5.42. The van der Waals surface area contributed by atoms with Gasteiger partial charge >= 0.3 is 0 Å². The van der Waals surface area contributed by atoms with E-state index >= 15 is 0 Å². The highest BCUT2D eigenvalue weighted by atomic mass is 32.2. The van der Waals surface area contributed by atoms with Crippen molar-refractivity contribution in [2.45, 2.75) is 38.3 Å². The molecule has 4 aliphatic rings. The van der Waals surface area contributed by atoms with E-state index in [0.29, 0.717) is 25.0 Å². The predicted octanol–water partition coefficient (Wildman–Crippen LogP) is 1.98. The molecule has 6 rings (SSSR count). The van der Waals surface area contributed by atoms with Crippen molar-refractivity contribution >= 4 is 27.2 Å². The van der Waals surface area contributed by atoms with Crippen LogP contribution in [0.4, 0.5) is 17.3 Å². The van der Waals surface area contributed by atoms with E-state index in [0.717, 1.165) is 60.4 Å². The van der Waals surface area contributed by atoms with Crippen molar-refractivity contribution in [1.82, 2.24) is 20.2 Å². The number of anilines is 3. The Morgan fingerprint density at radius 2 is 1.94 bits per heavy atom. The second-order valence-corrected chi connectivity index (χ2v) is 12.3. The fraction of sp³-hybridized carbons (Fsp3) is 0.583. The number of rotatable bonds is 3. The Balaban J connectivity index is 1.27. The van der Waals surface area contributed by atoms with E-state index in [1.165, 1.54) is 12.0 Å². The van der Waals surface area contributed by atoms with Crippen molar-refractivity contribution in [3.05, 3.63) is 35.2 Å². The number of benzene rings is 1. The third-order valence-corrected chi connectivity index (χ3v) is 9.30. The first-order valence-electron chi connectivity index (χ1n) is 12.2. The van der Waals surface area contributed by atoms with E-state index in [1.807, 2.05) is 11.8 Å². The lowest BCUT2D eigenvalue weighted by Crippen LogP contribution is -2.51. The number of aryl methyl sites for hydroxylation is 1. The van der Waals surface area contributed by atoms with Gasteiger partial charge in [-0.25, -0.2) is 18.4 Å². The Morgan fingerprint density at radius 1 is 1.15 bits per heavy atom. The zero-order valence-electron chi connectivity index (χ0n) is 19.7. The van der Waals surface area contributed by atoms with E-state index in [2.05, 4.69) is 44.6 Å². The molecule has 2 aromatic rings. The second-order valence-electron chi connectivity index (χ2n) is 10.00. The number of sulfone groups is 1. The normalized spacial score (nSPS) is 26.6. The minimum absolute atomic E-state index is 0.145. The Bertz CT molecular complexity index is 1190. The number of aromatic nitrogens is 2. The molecule has 182 valence electrons. The van der Waals surface area contributed by atoms with Crippen LogP contribution >= 0.6 is 0 Å². The highest BCUT2D eigenvalue weighted by Gasteiger charge is 2.36. The largest absolute Gasteiger partial charge is 0.483 e. The standard InChI is InChI=1S/C24H32N6O3S/c1-15-9-17(18-12-30(13-18)19-3-4-25-11-19)10-20-22(15)33-16(2)21-23(28-20)26-14-27-24(21)29-5-7-34(31,32)8-6-29/h9-10,14,16,18-19,25H,3-8,11-13H2,1-2H3,(H,26,27,28)/t16-,19-/m0/s1. The van der Waals surface area contributed by atoms with Crippen LogP contribution in [0.25, 0.3) is 0 Å². The predicted molar refractivity (Wildman–Crippen MR) is 132 cm³/mol. The summed E-state index contributed by atoms with van der Waals surface area (Å²) < 4.78 is 30.3. The van der Waals surface area contributed by atoms with Gasteiger partial charge in [0, 0.05) is 44.7 Å². The van der Waals surface area contributed by atoms with Gasteiger partial charge in [-0.15, -0.1) is 0 Å². The van der Waals surface area contributed by atoms with Gasteiger partial charge in [0.15, 0.2) is 9.84 Å². The monoisotopic (exact) mass is 484 g/mol. The SMILES string of the molecule is Cc1cc(C2CN([C@H]3CCNC3)C2)cc2c1O[C@@H](C)c1c(ncnc1N1CCS(=O)(=O)CC1)N2. The van der Waals surface area contributed by atoms with Crippen LogP contribution in [0, 0.1) is 6.92 Å². The molecule has 0 bridgehead atoms. The molecule has 5 heterocycles. The van der Waals surface area contributed by atoms with Crippen molar-refractivity contribution < 1.29 is 13.2 Å². The lowest BCUT2D eigenvalue weighted by molar-refractivity contribution is 0.101. The number of likely N-dealkylation sites (tertiary alicyclic amines) is 1. The van der Waals surface area contributed by atoms with Crippen LogP contribution in [0.1, 0.15) is 42.1 Å². The van der Waals surface area contributed by atoms with E-state index in [1.54, 1.807) is 6.33 Å². The van der Waals surface area contributed by atoms with Gasteiger partial charge in [0.1, 0.15) is 29.8 Å². The molecule has 1 aromatic heterocycles. The molecule has 2 N–H and O–H groups in total. The maximum Gasteiger partial charge on any atom is 0.153 e. The first-order valence-corrected chi connectivity index (χ1v) is 14.0. The van der Waals surface area contributed by atoms with Crippen LogP contribution in [-0.4, -0.2) is 80.1 Å². The molecule has 0 radical (unpaired) electrons. The smallest absolute Gasteiger partial charge is 0.153 e. The number of hydrogen-bond donors (Lipinski definition) is 2. The molecule has 3 saturated heterocycles. The quantitative estimate of drug-likeness (QED) is 0.677. The first-order chi connectivity index (χ1) is 16.4. The van der Waals surface area contributed by atoms with Crippen molar-refractivity contribution in [2.75, 3.05) is 61.0 Å². The number of nitrogens with one attached hydrogen (secondary N) is 2. The molecule has 34 heavy (non-hydrogen) atoms. The maximum atomic E-state index is 11.9. The Labute approximate surface area is 200 Å². The van der Waals surface area contributed by atoms with Crippen molar-refractivity contribution in [3.63, 3.8) is 0 Å². The number of ether oxygens (including phenoxy) is 1. The van der Waals surface area contributed by atoms with Gasteiger partial charge < -0.3 is 20.3 Å². The lowest BCUT2D eigenvalue weighted by Gasteiger charge is -2.43. The minimum atomic E-state index is -2.97. The van der Waals surface area contributed by atoms with E-state index in [4.69, 9.17) is 4.74 Å². The summed E-state index contributed by atoms with van der Waals surface area (Å²) in [7, 11) is -2.97. The van der Waals surface area contributed by atoms with Gasteiger partial charge in [-0.3, -0.25) is 4.90 Å². The summed E-state index contributed by atoms with van der Waals surface area (Å²) in [4.78, 5) is 13.7. The van der Waals surface area contributed by atoms with Gasteiger partial charge in [0.25, 0.3) is 0 Å². The maximum absolute atomic E-state index is 11.9. The van der Waals surface area contributed by atoms with E-state index in [9.17, 15) is 8.42 Å². The lowest BCUT2D eigenvalue weighted by atomic mass is 9.88. The summed E-state index contributed by atoms with van der Waals surface area (Å²) in [6, 6.07) is 5.15. The molecule has 9 nitrogen and oxygen atoms in total. The van der Waals surface area contributed by atoms with Gasteiger partial charge in [-0.05, 0) is 44.0 Å². The topological polar surface area (TPSA) is 99.7 Å². The average molecular weight is 485 g/mol. The molecule has 10 heteroatoms. The summed E-state index contributed by atoms with van der Waals surface area (Å²) in [5.74, 6) is 3.15. The highest BCUT2D eigenvalue weighted by Crippen LogP contribution is 2.45. The molecule has 0 unspecified atom stereocenters. The third-order valence-electron chi connectivity index (χ3n) is 7.69. The number of fused-ring (bicyclic) bond motifs is 2. The molecule has 0 spiro atoms. The average Bonchev–Trinajstić information content (AvgIpc) is 3.24. The van der Waals surface area contributed by atoms with E-state index < -0.39 is 9.84 Å². The van der Waals surface area contributed by atoms with Crippen LogP contribution in [0.2, 0.25) is 0 Å². The Hall–Kier alpha value is -2.43. The fourth-order valence-corrected chi connectivity index (χ4v) is 6.86. The summed E-state index contributed by atoms with van der Waals surface area (Å²) in [6.45, 7) is 9.41. The molecule has 0 saturated carbocycles. The summed E-state index contributed by atoms with van der Waals surface area (Å²) >= 11 is 0. The summed E-state index contributed by atoms with van der Waals surface area (Å²) in [6.07, 6.45) is 2.53. The van der Waals surface area contributed by atoms with Crippen LogP contribution in [0.5, 0.6) is 5.75 Å². The third kappa shape index (κ3) is 3.91.